The van der Waals surface area contributed by atoms with Crippen LogP contribution >= 0.6 is 11.8 Å². The predicted octanol–water partition coefficient (Wildman–Crippen LogP) is 3.91. The van der Waals surface area contributed by atoms with Crippen molar-refractivity contribution in [1.29, 1.82) is 0 Å². The summed E-state index contributed by atoms with van der Waals surface area (Å²) >= 11 is 1.64. The number of benzene rings is 2. The average molecular weight is 366 g/mol. The molecule has 1 aromatic heterocycles. The first kappa shape index (κ1) is 18.2. The van der Waals surface area contributed by atoms with Crippen molar-refractivity contribution in [2.75, 3.05) is 0 Å². The van der Waals surface area contributed by atoms with E-state index >= 15 is 0 Å². The lowest BCUT2D eigenvalue weighted by Crippen LogP contribution is -2.28. The molecule has 1 N–H and O–H groups in total. The standard InChI is InChI=1S/C20H22N4OS/c1-14-9-11-16(12-10-14)13-26-20-23-22-18(24(20)3)15(2)21-19(25)17-7-5-4-6-8-17/h4-12,15H,13H2,1-3H3,(H,21,25)/t15-/m1/s1. The average Bonchev–Trinajstić information content (AvgIpc) is 3.02. The molecule has 0 spiro atoms. The fourth-order valence-electron chi connectivity index (χ4n) is 2.60. The second kappa shape index (κ2) is 8.19. The summed E-state index contributed by atoms with van der Waals surface area (Å²) in [6, 6.07) is 17.4. The predicted molar refractivity (Wildman–Crippen MR) is 104 cm³/mol. The van der Waals surface area contributed by atoms with Crippen LogP contribution in [-0.4, -0.2) is 20.7 Å². The molecule has 0 aliphatic heterocycles. The van der Waals surface area contributed by atoms with Crippen LogP contribution in [0.3, 0.4) is 0 Å². The van der Waals surface area contributed by atoms with Crippen molar-refractivity contribution in [3.8, 4) is 0 Å². The molecule has 0 unspecified atom stereocenters. The van der Waals surface area contributed by atoms with Gasteiger partial charge in [0, 0.05) is 18.4 Å². The van der Waals surface area contributed by atoms with Crippen molar-refractivity contribution >= 4 is 17.7 Å². The molecule has 2 aromatic carbocycles. The normalized spacial score (nSPS) is 12.0. The summed E-state index contributed by atoms with van der Waals surface area (Å²) < 4.78 is 1.94. The van der Waals surface area contributed by atoms with Gasteiger partial charge in [0.2, 0.25) is 0 Å². The zero-order valence-electron chi connectivity index (χ0n) is 15.1. The lowest BCUT2D eigenvalue weighted by molar-refractivity contribution is 0.0937. The summed E-state index contributed by atoms with van der Waals surface area (Å²) in [7, 11) is 1.93. The first-order valence-electron chi connectivity index (χ1n) is 8.48. The Morgan fingerprint density at radius 1 is 1.12 bits per heavy atom. The summed E-state index contributed by atoms with van der Waals surface area (Å²) in [4.78, 5) is 12.3. The van der Waals surface area contributed by atoms with Crippen molar-refractivity contribution < 1.29 is 4.79 Å². The molecule has 0 saturated heterocycles. The maximum atomic E-state index is 12.3. The van der Waals surface area contributed by atoms with E-state index in [9.17, 15) is 4.79 Å². The van der Waals surface area contributed by atoms with Gasteiger partial charge in [-0.3, -0.25) is 4.79 Å². The van der Waals surface area contributed by atoms with E-state index in [4.69, 9.17) is 0 Å². The third kappa shape index (κ3) is 4.32. The Balaban J connectivity index is 1.64. The number of aryl methyl sites for hydroxylation is 1. The molecule has 1 heterocycles. The lowest BCUT2D eigenvalue weighted by atomic mass is 10.2. The minimum absolute atomic E-state index is 0.116. The van der Waals surface area contributed by atoms with Crippen LogP contribution in [0, 0.1) is 6.92 Å². The van der Waals surface area contributed by atoms with Gasteiger partial charge in [-0.05, 0) is 31.5 Å². The van der Waals surface area contributed by atoms with Crippen molar-refractivity contribution in [1.82, 2.24) is 20.1 Å². The molecule has 5 nitrogen and oxygen atoms in total. The molecule has 26 heavy (non-hydrogen) atoms. The van der Waals surface area contributed by atoms with E-state index in [1.165, 1.54) is 11.1 Å². The van der Waals surface area contributed by atoms with Crippen LogP contribution in [0.5, 0.6) is 0 Å². The van der Waals surface area contributed by atoms with Gasteiger partial charge in [-0.25, -0.2) is 0 Å². The zero-order chi connectivity index (χ0) is 18.5. The SMILES string of the molecule is Cc1ccc(CSc2nnc([C@@H](C)NC(=O)c3ccccc3)n2C)cc1. The number of thioether (sulfide) groups is 1. The summed E-state index contributed by atoms with van der Waals surface area (Å²) in [5.74, 6) is 1.45. The molecule has 0 fully saturated rings. The highest BCUT2D eigenvalue weighted by molar-refractivity contribution is 7.98. The van der Waals surface area contributed by atoms with Gasteiger partial charge in [-0.15, -0.1) is 10.2 Å². The molecule has 1 atom stereocenters. The molecule has 134 valence electrons. The molecule has 3 rings (SSSR count). The number of carbonyl (C=O) groups excluding carboxylic acids is 1. The topological polar surface area (TPSA) is 59.8 Å². The van der Waals surface area contributed by atoms with Crippen LogP contribution in [0.4, 0.5) is 0 Å². The minimum atomic E-state index is -0.228. The fourth-order valence-corrected chi connectivity index (χ4v) is 3.47. The van der Waals surface area contributed by atoms with Crippen molar-refractivity contribution in [3.05, 3.63) is 77.1 Å². The highest BCUT2D eigenvalue weighted by atomic mass is 32.2. The zero-order valence-corrected chi connectivity index (χ0v) is 16.0. The summed E-state index contributed by atoms with van der Waals surface area (Å²) in [6.07, 6.45) is 0. The Morgan fingerprint density at radius 3 is 2.50 bits per heavy atom. The highest BCUT2D eigenvalue weighted by Gasteiger charge is 2.18. The van der Waals surface area contributed by atoms with Crippen molar-refractivity contribution in [2.24, 2.45) is 7.05 Å². The summed E-state index contributed by atoms with van der Waals surface area (Å²) in [6.45, 7) is 4.00. The number of rotatable bonds is 6. The number of aromatic nitrogens is 3. The number of nitrogens with one attached hydrogen (secondary N) is 1. The van der Waals surface area contributed by atoms with Crippen LogP contribution in [0.2, 0.25) is 0 Å². The molecule has 3 aromatic rings. The molecule has 0 radical (unpaired) electrons. The lowest BCUT2D eigenvalue weighted by Gasteiger charge is -2.13. The molecule has 0 saturated carbocycles. The van der Waals surface area contributed by atoms with Crippen LogP contribution in [-0.2, 0) is 12.8 Å². The van der Waals surface area contributed by atoms with Gasteiger partial charge in [0.05, 0.1) is 6.04 Å². The molecular formula is C20H22N4OS. The number of hydrogen-bond donors (Lipinski definition) is 1. The third-order valence-electron chi connectivity index (χ3n) is 4.13. The van der Waals surface area contributed by atoms with Crippen LogP contribution < -0.4 is 5.32 Å². The van der Waals surface area contributed by atoms with Crippen LogP contribution in [0.15, 0.2) is 59.8 Å². The summed E-state index contributed by atoms with van der Waals surface area (Å²) in [5.41, 5.74) is 3.13. The largest absolute Gasteiger partial charge is 0.342 e. The maximum Gasteiger partial charge on any atom is 0.251 e. The molecule has 0 aliphatic carbocycles. The molecule has 0 bridgehead atoms. The van der Waals surface area contributed by atoms with Gasteiger partial charge in [0.25, 0.3) is 5.91 Å². The van der Waals surface area contributed by atoms with Gasteiger partial charge >= 0.3 is 0 Å². The van der Waals surface area contributed by atoms with Gasteiger partial charge in [-0.2, -0.15) is 0 Å². The van der Waals surface area contributed by atoms with E-state index < -0.39 is 0 Å². The molecule has 0 aliphatic rings. The van der Waals surface area contributed by atoms with Gasteiger partial charge in [0.1, 0.15) is 0 Å². The van der Waals surface area contributed by atoms with E-state index in [0.29, 0.717) is 5.56 Å². The Labute approximate surface area is 157 Å². The fraction of sp³-hybridized carbons (Fsp3) is 0.250. The van der Waals surface area contributed by atoms with Crippen LogP contribution in [0.25, 0.3) is 0 Å². The maximum absolute atomic E-state index is 12.3. The Bertz CT molecular complexity index is 875. The number of hydrogen-bond acceptors (Lipinski definition) is 4. The van der Waals surface area contributed by atoms with E-state index in [1.807, 2.05) is 36.7 Å². The number of nitrogens with zero attached hydrogens (tertiary/aromatic N) is 3. The second-order valence-electron chi connectivity index (χ2n) is 6.24. The highest BCUT2D eigenvalue weighted by Crippen LogP contribution is 2.23. The number of amides is 1. The molecular weight excluding hydrogens is 344 g/mol. The van der Waals surface area contributed by atoms with E-state index in [1.54, 1.807) is 23.9 Å². The van der Waals surface area contributed by atoms with Crippen LogP contribution in [0.1, 0.15) is 40.3 Å². The number of carbonyl (C=O) groups is 1. The minimum Gasteiger partial charge on any atom is -0.342 e. The second-order valence-corrected chi connectivity index (χ2v) is 7.18. The monoisotopic (exact) mass is 366 g/mol. The van der Waals surface area contributed by atoms with Crippen molar-refractivity contribution in [2.45, 2.75) is 30.8 Å². The smallest absolute Gasteiger partial charge is 0.251 e. The van der Waals surface area contributed by atoms with Gasteiger partial charge in [0.15, 0.2) is 11.0 Å². The van der Waals surface area contributed by atoms with E-state index in [0.717, 1.165) is 16.7 Å². The Kier molecular flexibility index (Phi) is 5.73. The summed E-state index contributed by atoms with van der Waals surface area (Å²) in [5, 5.41) is 12.3. The van der Waals surface area contributed by atoms with Crippen molar-refractivity contribution in [3.63, 3.8) is 0 Å². The quantitative estimate of drug-likeness (QED) is 0.672. The first-order valence-corrected chi connectivity index (χ1v) is 9.46. The van der Waals surface area contributed by atoms with Gasteiger partial charge in [-0.1, -0.05) is 59.8 Å². The molecule has 6 heteroatoms. The molecule has 1 amide bonds. The van der Waals surface area contributed by atoms with E-state index in [-0.39, 0.29) is 11.9 Å². The van der Waals surface area contributed by atoms with Gasteiger partial charge < -0.3 is 9.88 Å². The third-order valence-corrected chi connectivity index (χ3v) is 5.22. The van der Waals surface area contributed by atoms with E-state index in [2.05, 4.69) is 46.7 Å². The first-order chi connectivity index (χ1) is 12.5. The Hall–Kier alpha value is -2.60. The Morgan fingerprint density at radius 2 is 1.81 bits per heavy atom.